The Morgan fingerprint density at radius 3 is 2.00 bits per heavy atom. The highest BCUT2D eigenvalue weighted by atomic mass is 32.1. The van der Waals surface area contributed by atoms with Crippen LogP contribution in [0.15, 0.2) is 66.0 Å². The lowest BCUT2D eigenvalue weighted by molar-refractivity contribution is 0.0892. The Bertz CT molecular complexity index is 1080. The molecule has 0 fully saturated rings. The van der Waals surface area contributed by atoms with Crippen molar-refractivity contribution in [3.8, 4) is 9.75 Å². The first-order valence-electron chi connectivity index (χ1n) is 7.97. The van der Waals surface area contributed by atoms with E-state index in [9.17, 15) is 9.59 Å². The molecule has 0 bridgehead atoms. The Balaban J connectivity index is 1.60. The molecule has 0 saturated heterocycles. The maximum Gasteiger partial charge on any atom is 0.179 e. The van der Waals surface area contributed by atoms with Crippen LogP contribution in [0, 0.1) is 0 Å². The van der Waals surface area contributed by atoms with E-state index in [2.05, 4.69) is 6.07 Å². The van der Waals surface area contributed by atoms with Crippen molar-refractivity contribution in [2.24, 2.45) is 0 Å². The fourth-order valence-electron chi connectivity index (χ4n) is 3.40. The van der Waals surface area contributed by atoms with Crippen molar-refractivity contribution < 1.29 is 9.59 Å². The second-order valence-corrected chi connectivity index (χ2v) is 8.15. The highest BCUT2D eigenvalue weighted by Crippen LogP contribution is 2.41. The van der Waals surface area contributed by atoms with E-state index in [4.69, 9.17) is 0 Å². The molecule has 5 rings (SSSR count). The van der Waals surface area contributed by atoms with Crippen molar-refractivity contribution in [1.29, 1.82) is 0 Å². The van der Waals surface area contributed by atoms with Gasteiger partial charge >= 0.3 is 0 Å². The zero-order valence-electron chi connectivity index (χ0n) is 13.1. The van der Waals surface area contributed by atoms with Crippen LogP contribution in [0.3, 0.4) is 0 Å². The van der Waals surface area contributed by atoms with E-state index in [1.54, 1.807) is 11.3 Å². The van der Waals surface area contributed by atoms with Gasteiger partial charge in [-0.2, -0.15) is 0 Å². The van der Waals surface area contributed by atoms with E-state index >= 15 is 0 Å². The number of benzene rings is 2. The van der Waals surface area contributed by atoms with Gasteiger partial charge in [-0.15, -0.1) is 22.7 Å². The molecule has 2 aromatic heterocycles. The van der Waals surface area contributed by atoms with E-state index in [0.29, 0.717) is 11.1 Å². The summed E-state index contributed by atoms with van der Waals surface area (Å²) in [4.78, 5) is 29.0. The topological polar surface area (TPSA) is 34.1 Å². The smallest absolute Gasteiger partial charge is 0.179 e. The summed E-state index contributed by atoms with van der Waals surface area (Å²) in [5, 5.41) is 4.02. The number of carbonyl (C=O) groups excluding carboxylic acids is 2. The van der Waals surface area contributed by atoms with Crippen LogP contribution in [0.2, 0.25) is 0 Å². The maximum atomic E-state index is 12.9. The van der Waals surface area contributed by atoms with Crippen molar-refractivity contribution >= 4 is 45.0 Å². The number of rotatable bonds is 2. The van der Waals surface area contributed by atoms with Gasteiger partial charge in [0.25, 0.3) is 0 Å². The van der Waals surface area contributed by atoms with Crippen LogP contribution in [-0.2, 0) is 0 Å². The van der Waals surface area contributed by atoms with E-state index in [0.717, 1.165) is 25.4 Å². The summed E-state index contributed by atoms with van der Waals surface area (Å²) in [5.74, 6) is -0.846. The van der Waals surface area contributed by atoms with Crippen LogP contribution < -0.4 is 0 Å². The molecule has 25 heavy (non-hydrogen) atoms. The number of ketones is 2. The molecular formula is C21H12O2S2. The summed E-state index contributed by atoms with van der Waals surface area (Å²) in [6.45, 7) is 0. The van der Waals surface area contributed by atoms with Gasteiger partial charge in [-0.05, 0) is 46.5 Å². The average Bonchev–Trinajstić information content (AvgIpc) is 3.35. The lowest BCUT2D eigenvalue weighted by Gasteiger charge is -2.02. The van der Waals surface area contributed by atoms with Gasteiger partial charge in [-0.3, -0.25) is 9.59 Å². The Morgan fingerprint density at radius 1 is 0.720 bits per heavy atom. The zero-order chi connectivity index (χ0) is 17.0. The minimum absolute atomic E-state index is 0.0784. The highest BCUT2D eigenvalue weighted by molar-refractivity contribution is 7.21. The standard InChI is InChI=1S/C21H12O2S2/c22-20-14-10-12-4-1-2-5-13(12)11-15(14)21(23)19(20)18-8-7-17(25-18)16-6-3-9-24-16/h1-11,19H. The third-order valence-electron chi connectivity index (χ3n) is 4.62. The largest absolute Gasteiger partial charge is 0.293 e. The van der Waals surface area contributed by atoms with Crippen LogP contribution in [0.4, 0.5) is 0 Å². The van der Waals surface area contributed by atoms with Crippen LogP contribution in [-0.4, -0.2) is 11.6 Å². The molecule has 2 heterocycles. The molecular weight excluding hydrogens is 348 g/mol. The third-order valence-corrected chi connectivity index (χ3v) is 6.83. The number of thiophene rings is 2. The first kappa shape index (κ1) is 14.8. The second kappa shape index (κ2) is 5.48. The van der Waals surface area contributed by atoms with Gasteiger partial charge in [0.05, 0.1) is 0 Å². The monoisotopic (exact) mass is 360 g/mol. The SMILES string of the molecule is O=C1c2cc3ccccc3cc2C(=O)C1c1ccc(-c2cccs2)s1. The molecule has 0 radical (unpaired) electrons. The summed E-state index contributed by atoms with van der Waals surface area (Å²) in [7, 11) is 0. The summed E-state index contributed by atoms with van der Waals surface area (Å²) in [6, 6.07) is 19.5. The normalized spacial score (nSPS) is 14.4. The summed E-state index contributed by atoms with van der Waals surface area (Å²) < 4.78 is 0. The van der Waals surface area contributed by atoms with Crippen LogP contribution in [0.5, 0.6) is 0 Å². The third kappa shape index (κ3) is 2.22. The van der Waals surface area contributed by atoms with Crippen molar-refractivity contribution in [3.63, 3.8) is 0 Å². The number of hydrogen-bond donors (Lipinski definition) is 0. The fraction of sp³-hybridized carbons (Fsp3) is 0.0476. The molecule has 2 aromatic carbocycles. The Morgan fingerprint density at radius 2 is 1.40 bits per heavy atom. The van der Waals surface area contributed by atoms with E-state index in [1.165, 1.54) is 11.3 Å². The van der Waals surface area contributed by atoms with Crippen molar-refractivity contribution in [2.45, 2.75) is 5.92 Å². The quantitative estimate of drug-likeness (QED) is 0.424. The van der Waals surface area contributed by atoms with Crippen molar-refractivity contribution in [1.82, 2.24) is 0 Å². The minimum atomic E-state index is -0.689. The van der Waals surface area contributed by atoms with Crippen molar-refractivity contribution in [2.75, 3.05) is 0 Å². The Kier molecular flexibility index (Phi) is 3.23. The molecule has 4 aromatic rings. The van der Waals surface area contributed by atoms with Crippen LogP contribution >= 0.6 is 22.7 Å². The van der Waals surface area contributed by atoms with Gasteiger partial charge in [-0.25, -0.2) is 0 Å². The van der Waals surface area contributed by atoms with Gasteiger partial charge in [0.15, 0.2) is 11.6 Å². The van der Waals surface area contributed by atoms with Gasteiger partial charge in [0.1, 0.15) is 5.92 Å². The van der Waals surface area contributed by atoms with Crippen LogP contribution in [0.1, 0.15) is 31.5 Å². The van der Waals surface area contributed by atoms with E-state index in [-0.39, 0.29) is 11.6 Å². The Hall–Kier alpha value is -2.56. The van der Waals surface area contributed by atoms with Crippen molar-refractivity contribution in [3.05, 3.63) is 82.0 Å². The molecule has 0 unspecified atom stereocenters. The molecule has 120 valence electrons. The zero-order valence-corrected chi connectivity index (χ0v) is 14.7. The lowest BCUT2D eigenvalue weighted by Crippen LogP contribution is -2.10. The fourth-order valence-corrected chi connectivity index (χ4v) is 5.34. The number of carbonyl (C=O) groups is 2. The Labute approximate surface area is 152 Å². The molecule has 0 N–H and O–H groups in total. The van der Waals surface area contributed by atoms with Gasteiger partial charge < -0.3 is 0 Å². The van der Waals surface area contributed by atoms with E-state index in [1.807, 2.05) is 60.0 Å². The van der Waals surface area contributed by atoms with Gasteiger partial charge in [-0.1, -0.05) is 30.3 Å². The number of fused-ring (bicyclic) bond motifs is 2. The summed E-state index contributed by atoms with van der Waals surface area (Å²) >= 11 is 3.20. The maximum absolute atomic E-state index is 12.9. The number of hydrogen-bond acceptors (Lipinski definition) is 4. The molecule has 2 nitrogen and oxygen atoms in total. The van der Waals surface area contributed by atoms with Gasteiger partial charge in [0, 0.05) is 25.8 Å². The minimum Gasteiger partial charge on any atom is -0.293 e. The molecule has 0 spiro atoms. The van der Waals surface area contributed by atoms with Gasteiger partial charge in [0.2, 0.25) is 0 Å². The lowest BCUT2D eigenvalue weighted by atomic mass is 10.0. The summed E-state index contributed by atoms with van der Waals surface area (Å²) in [5.41, 5.74) is 1.11. The first-order valence-corrected chi connectivity index (χ1v) is 9.67. The molecule has 0 atom stereocenters. The van der Waals surface area contributed by atoms with E-state index < -0.39 is 5.92 Å². The highest BCUT2D eigenvalue weighted by Gasteiger charge is 2.40. The molecule has 0 aliphatic heterocycles. The molecule has 4 heteroatoms. The summed E-state index contributed by atoms with van der Waals surface area (Å²) in [6.07, 6.45) is 0. The average molecular weight is 360 g/mol. The number of Topliss-reactive ketones (excluding diaryl/α,β-unsaturated/α-hetero) is 2. The molecule has 0 amide bonds. The molecule has 1 aliphatic carbocycles. The second-order valence-electron chi connectivity index (χ2n) is 6.09. The molecule has 0 saturated carbocycles. The van der Waals surface area contributed by atoms with Crippen LogP contribution in [0.25, 0.3) is 20.5 Å². The first-order chi connectivity index (χ1) is 12.2. The predicted octanol–water partition coefficient (Wildman–Crippen LogP) is 5.79. The predicted molar refractivity (Wildman–Crippen MR) is 103 cm³/mol. The molecule has 1 aliphatic rings.